The normalized spacial score (nSPS) is 11.4. The number of aliphatic hydroxyl groups excluding tert-OH is 1. The Bertz CT molecular complexity index is 70.0. The Balaban J connectivity index is 3.50. The Hall–Kier alpha value is -0.120. The highest BCUT2D eigenvalue weighted by Gasteiger charge is 2.02. The standard InChI is InChI=1S/C7H18N2O/c1-4-5-9(6-7-10)8(2)3/h10H,4-7H2,1-3H3. The molecule has 3 heteroatoms. The molecule has 0 amide bonds. The fourth-order valence-electron chi connectivity index (χ4n) is 0.885. The van der Waals surface area contributed by atoms with Crippen molar-refractivity contribution in [3.8, 4) is 0 Å². The molecule has 62 valence electrons. The molecule has 0 unspecified atom stereocenters. The quantitative estimate of drug-likeness (QED) is 0.560. The van der Waals surface area contributed by atoms with E-state index in [1.54, 1.807) is 0 Å². The maximum absolute atomic E-state index is 8.64. The molecule has 0 aliphatic rings. The van der Waals surface area contributed by atoms with Gasteiger partial charge in [0, 0.05) is 27.2 Å². The molecular weight excluding hydrogens is 128 g/mol. The molecular formula is C7H18N2O. The minimum atomic E-state index is 0.234. The highest BCUT2D eigenvalue weighted by atomic mass is 16.3. The van der Waals surface area contributed by atoms with Gasteiger partial charge in [0.1, 0.15) is 0 Å². The molecule has 0 heterocycles. The lowest BCUT2D eigenvalue weighted by atomic mass is 10.4. The third-order valence-electron chi connectivity index (χ3n) is 1.41. The molecule has 0 aromatic heterocycles. The van der Waals surface area contributed by atoms with E-state index in [0.29, 0.717) is 0 Å². The number of rotatable bonds is 5. The number of hydrogen-bond acceptors (Lipinski definition) is 3. The van der Waals surface area contributed by atoms with E-state index in [9.17, 15) is 0 Å². The monoisotopic (exact) mass is 146 g/mol. The van der Waals surface area contributed by atoms with Gasteiger partial charge in [-0.25, -0.2) is 10.0 Å². The van der Waals surface area contributed by atoms with Gasteiger partial charge in [0.2, 0.25) is 0 Å². The molecule has 0 spiro atoms. The van der Waals surface area contributed by atoms with Crippen molar-refractivity contribution >= 4 is 0 Å². The Kier molecular flexibility index (Phi) is 5.58. The summed E-state index contributed by atoms with van der Waals surface area (Å²) in [5.41, 5.74) is 0. The molecule has 0 fully saturated rings. The van der Waals surface area contributed by atoms with Gasteiger partial charge < -0.3 is 5.11 Å². The molecule has 0 saturated heterocycles. The molecule has 0 aliphatic heterocycles. The molecule has 3 nitrogen and oxygen atoms in total. The second-order valence-electron chi connectivity index (χ2n) is 2.52. The first kappa shape index (κ1) is 9.88. The Labute approximate surface area is 63.2 Å². The van der Waals surface area contributed by atoms with Crippen LogP contribution in [-0.2, 0) is 0 Å². The Morgan fingerprint density at radius 3 is 2.10 bits per heavy atom. The van der Waals surface area contributed by atoms with Crippen LogP contribution in [0.25, 0.3) is 0 Å². The Morgan fingerprint density at radius 1 is 1.20 bits per heavy atom. The molecule has 0 aliphatic carbocycles. The summed E-state index contributed by atoms with van der Waals surface area (Å²) in [5.74, 6) is 0. The summed E-state index contributed by atoms with van der Waals surface area (Å²) in [4.78, 5) is 0. The van der Waals surface area contributed by atoms with Crippen molar-refractivity contribution in [3.05, 3.63) is 0 Å². The number of aliphatic hydroxyl groups is 1. The van der Waals surface area contributed by atoms with Gasteiger partial charge in [-0.1, -0.05) is 6.92 Å². The van der Waals surface area contributed by atoms with Crippen LogP contribution < -0.4 is 0 Å². The predicted molar refractivity (Wildman–Crippen MR) is 42.6 cm³/mol. The van der Waals surface area contributed by atoms with Gasteiger partial charge in [0.05, 0.1) is 6.61 Å². The third-order valence-corrected chi connectivity index (χ3v) is 1.41. The number of nitrogens with zero attached hydrogens (tertiary/aromatic N) is 2. The van der Waals surface area contributed by atoms with Gasteiger partial charge in [-0.3, -0.25) is 0 Å². The van der Waals surface area contributed by atoms with Crippen molar-refractivity contribution < 1.29 is 5.11 Å². The van der Waals surface area contributed by atoms with Gasteiger partial charge >= 0.3 is 0 Å². The average molecular weight is 146 g/mol. The smallest absolute Gasteiger partial charge is 0.0572 e. The summed E-state index contributed by atoms with van der Waals surface area (Å²) in [6.07, 6.45) is 1.12. The summed E-state index contributed by atoms with van der Waals surface area (Å²) in [5, 5.41) is 12.8. The van der Waals surface area contributed by atoms with Crippen molar-refractivity contribution in [2.45, 2.75) is 13.3 Å². The van der Waals surface area contributed by atoms with Gasteiger partial charge in [-0.05, 0) is 6.42 Å². The lowest BCUT2D eigenvalue weighted by molar-refractivity contribution is 0.0104. The zero-order valence-corrected chi connectivity index (χ0v) is 7.17. The minimum absolute atomic E-state index is 0.234. The molecule has 0 saturated carbocycles. The van der Waals surface area contributed by atoms with E-state index in [1.165, 1.54) is 0 Å². The second kappa shape index (κ2) is 5.65. The van der Waals surface area contributed by atoms with Gasteiger partial charge in [-0.15, -0.1) is 0 Å². The average Bonchev–Trinajstić information content (AvgIpc) is 1.87. The van der Waals surface area contributed by atoms with Crippen LogP contribution in [0.5, 0.6) is 0 Å². The van der Waals surface area contributed by atoms with Gasteiger partial charge in [0.15, 0.2) is 0 Å². The summed E-state index contributed by atoms with van der Waals surface area (Å²) in [7, 11) is 3.98. The topological polar surface area (TPSA) is 26.7 Å². The fourth-order valence-corrected chi connectivity index (χ4v) is 0.885. The van der Waals surface area contributed by atoms with E-state index in [4.69, 9.17) is 5.11 Å². The molecule has 0 radical (unpaired) electrons. The van der Waals surface area contributed by atoms with Crippen LogP contribution >= 0.6 is 0 Å². The third kappa shape index (κ3) is 3.82. The summed E-state index contributed by atoms with van der Waals surface area (Å²) in [6, 6.07) is 0. The van der Waals surface area contributed by atoms with Gasteiger partial charge in [-0.2, -0.15) is 0 Å². The van der Waals surface area contributed by atoms with Crippen molar-refractivity contribution in [2.75, 3.05) is 33.8 Å². The van der Waals surface area contributed by atoms with E-state index in [-0.39, 0.29) is 6.61 Å². The van der Waals surface area contributed by atoms with Crippen LogP contribution in [0.2, 0.25) is 0 Å². The second-order valence-corrected chi connectivity index (χ2v) is 2.52. The molecule has 10 heavy (non-hydrogen) atoms. The molecule has 0 aromatic rings. The molecule has 0 bridgehead atoms. The van der Waals surface area contributed by atoms with Gasteiger partial charge in [0.25, 0.3) is 0 Å². The van der Waals surface area contributed by atoms with Crippen LogP contribution in [0.1, 0.15) is 13.3 Å². The van der Waals surface area contributed by atoms with Crippen LogP contribution in [0.15, 0.2) is 0 Å². The predicted octanol–water partition coefficient (Wildman–Crippen LogP) is 0.167. The van der Waals surface area contributed by atoms with E-state index in [1.807, 2.05) is 19.1 Å². The van der Waals surface area contributed by atoms with Crippen molar-refractivity contribution in [3.63, 3.8) is 0 Å². The fraction of sp³-hybridized carbons (Fsp3) is 1.00. The van der Waals surface area contributed by atoms with Crippen molar-refractivity contribution in [1.82, 2.24) is 10.0 Å². The zero-order valence-electron chi connectivity index (χ0n) is 7.17. The molecule has 0 rings (SSSR count). The van der Waals surface area contributed by atoms with E-state index < -0.39 is 0 Å². The lowest BCUT2D eigenvalue weighted by Gasteiger charge is -2.27. The number of hydrazine groups is 1. The lowest BCUT2D eigenvalue weighted by Crippen LogP contribution is -2.39. The first-order chi connectivity index (χ1) is 4.72. The molecule has 0 aromatic carbocycles. The Morgan fingerprint density at radius 2 is 1.80 bits per heavy atom. The zero-order chi connectivity index (χ0) is 7.98. The number of hydrogen-bond donors (Lipinski definition) is 1. The SMILES string of the molecule is CCCN(CCO)N(C)C. The summed E-state index contributed by atoms with van der Waals surface area (Å²) in [6.45, 7) is 4.13. The van der Waals surface area contributed by atoms with Crippen molar-refractivity contribution in [2.24, 2.45) is 0 Å². The summed E-state index contributed by atoms with van der Waals surface area (Å²) < 4.78 is 0. The largest absolute Gasteiger partial charge is 0.395 e. The van der Waals surface area contributed by atoms with Crippen LogP contribution in [0.3, 0.4) is 0 Å². The molecule has 1 N–H and O–H groups in total. The van der Waals surface area contributed by atoms with Crippen LogP contribution in [-0.4, -0.2) is 48.9 Å². The molecule has 0 atom stereocenters. The maximum atomic E-state index is 8.64. The first-order valence-corrected chi connectivity index (χ1v) is 3.75. The first-order valence-electron chi connectivity index (χ1n) is 3.75. The minimum Gasteiger partial charge on any atom is -0.395 e. The highest BCUT2D eigenvalue weighted by Crippen LogP contribution is 1.91. The van der Waals surface area contributed by atoms with Crippen LogP contribution in [0, 0.1) is 0 Å². The van der Waals surface area contributed by atoms with Crippen molar-refractivity contribution in [1.29, 1.82) is 0 Å². The van der Waals surface area contributed by atoms with E-state index in [0.717, 1.165) is 19.5 Å². The maximum Gasteiger partial charge on any atom is 0.0572 e. The van der Waals surface area contributed by atoms with E-state index >= 15 is 0 Å². The summed E-state index contributed by atoms with van der Waals surface area (Å²) >= 11 is 0. The van der Waals surface area contributed by atoms with E-state index in [2.05, 4.69) is 11.9 Å². The van der Waals surface area contributed by atoms with Crippen LogP contribution in [0.4, 0.5) is 0 Å². The highest BCUT2D eigenvalue weighted by molar-refractivity contribution is 4.47.